The summed E-state index contributed by atoms with van der Waals surface area (Å²) in [5.41, 5.74) is 1.22. The zero-order valence-corrected chi connectivity index (χ0v) is 7.84. The van der Waals surface area contributed by atoms with Crippen LogP contribution in [-0.4, -0.2) is 24.3 Å². The summed E-state index contributed by atoms with van der Waals surface area (Å²) in [4.78, 5) is 0. The highest BCUT2D eigenvalue weighted by Crippen LogP contribution is 2.18. The molecule has 1 fully saturated rings. The highest BCUT2D eigenvalue weighted by atomic mass is 16.3. The number of rotatable bonds is 3. The number of aliphatic hydroxyl groups is 1. The van der Waals surface area contributed by atoms with Gasteiger partial charge >= 0.3 is 0 Å². The van der Waals surface area contributed by atoms with Crippen LogP contribution in [0.2, 0.25) is 0 Å². The van der Waals surface area contributed by atoms with Crippen LogP contribution in [0, 0.1) is 5.92 Å². The van der Waals surface area contributed by atoms with E-state index in [9.17, 15) is 5.11 Å². The maximum atomic E-state index is 9.61. The zero-order chi connectivity index (χ0) is 8.97. The summed E-state index contributed by atoms with van der Waals surface area (Å²) in [7, 11) is 0. The topological polar surface area (TPSA) is 32.3 Å². The summed E-state index contributed by atoms with van der Waals surface area (Å²) in [6.45, 7) is 7.84. The first-order chi connectivity index (χ1) is 5.70. The fraction of sp³-hybridized carbons (Fsp3) is 0.800. The minimum Gasteiger partial charge on any atom is -0.393 e. The minimum atomic E-state index is -0.0920. The molecule has 0 radical (unpaired) electrons. The van der Waals surface area contributed by atoms with Gasteiger partial charge in [-0.25, -0.2) is 0 Å². The van der Waals surface area contributed by atoms with Gasteiger partial charge in [0.25, 0.3) is 0 Å². The maximum absolute atomic E-state index is 9.61. The lowest BCUT2D eigenvalue weighted by Gasteiger charge is -2.28. The van der Waals surface area contributed by atoms with Crippen LogP contribution < -0.4 is 5.32 Å². The number of allylic oxidation sites excluding steroid dienone is 1. The quantitative estimate of drug-likeness (QED) is 0.624. The number of hydrogen-bond donors (Lipinski definition) is 2. The van der Waals surface area contributed by atoms with Crippen LogP contribution in [0.4, 0.5) is 0 Å². The molecule has 1 saturated heterocycles. The first-order valence-electron chi connectivity index (χ1n) is 4.73. The third-order valence-electron chi connectivity index (χ3n) is 2.51. The molecular weight excluding hydrogens is 150 g/mol. The van der Waals surface area contributed by atoms with Crippen LogP contribution in [0.3, 0.4) is 0 Å². The predicted molar refractivity (Wildman–Crippen MR) is 51.0 cm³/mol. The Balaban J connectivity index is 2.24. The summed E-state index contributed by atoms with van der Waals surface area (Å²) in [5.74, 6) is 0.440. The fourth-order valence-electron chi connectivity index (χ4n) is 1.64. The van der Waals surface area contributed by atoms with Gasteiger partial charge < -0.3 is 10.4 Å². The van der Waals surface area contributed by atoms with Gasteiger partial charge in [0.2, 0.25) is 0 Å². The lowest BCUT2D eigenvalue weighted by Crippen LogP contribution is -2.39. The second kappa shape index (κ2) is 4.63. The lowest BCUT2D eigenvalue weighted by molar-refractivity contribution is 0.0747. The van der Waals surface area contributed by atoms with Gasteiger partial charge in [-0.15, -0.1) is 6.58 Å². The largest absolute Gasteiger partial charge is 0.393 e. The normalized spacial score (nSPS) is 30.2. The summed E-state index contributed by atoms with van der Waals surface area (Å²) >= 11 is 0. The van der Waals surface area contributed by atoms with Crippen LogP contribution in [0.25, 0.3) is 0 Å². The highest BCUT2D eigenvalue weighted by Gasteiger charge is 2.21. The standard InChI is InChI=1S/C10H19NO/c1-8(2)3-4-9-7-11-6-5-10(9)12/h9-12H,1,3-7H2,2H3. The van der Waals surface area contributed by atoms with E-state index in [1.807, 2.05) is 6.92 Å². The zero-order valence-electron chi connectivity index (χ0n) is 7.84. The van der Waals surface area contributed by atoms with Crippen molar-refractivity contribution in [2.75, 3.05) is 13.1 Å². The molecule has 1 heterocycles. The Labute approximate surface area is 74.7 Å². The predicted octanol–water partition coefficient (Wildman–Crippen LogP) is 1.31. The Morgan fingerprint density at radius 3 is 3.00 bits per heavy atom. The van der Waals surface area contributed by atoms with Crippen molar-refractivity contribution < 1.29 is 5.11 Å². The molecule has 2 atom stereocenters. The Bertz CT molecular complexity index is 156. The number of nitrogens with one attached hydrogen (secondary N) is 1. The molecule has 0 spiro atoms. The minimum absolute atomic E-state index is 0.0920. The van der Waals surface area contributed by atoms with Crippen LogP contribution in [0.15, 0.2) is 12.2 Å². The van der Waals surface area contributed by atoms with E-state index in [0.717, 1.165) is 32.4 Å². The molecule has 1 aliphatic heterocycles. The summed E-state index contributed by atoms with van der Waals surface area (Å²) in [6.07, 6.45) is 2.93. The van der Waals surface area contributed by atoms with Crippen molar-refractivity contribution in [1.82, 2.24) is 5.32 Å². The molecule has 2 unspecified atom stereocenters. The number of piperidine rings is 1. The molecule has 70 valence electrons. The van der Waals surface area contributed by atoms with E-state index in [0.29, 0.717) is 5.92 Å². The summed E-state index contributed by atoms with van der Waals surface area (Å²) in [6, 6.07) is 0. The summed E-state index contributed by atoms with van der Waals surface area (Å²) in [5, 5.41) is 12.9. The van der Waals surface area contributed by atoms with E-state index in [1.165, 1.54) is 5.57 Å². The van der Waals surface area contributed by atoms with Crippen LogP contribution >= 0.6 is 0 Å². The smallest absolute Gasteiger partial charge is 0.0592 e. The van der Waals surface area contributed by atoms with Crippen molar-refractivity contribution in [3.05, 3.63) is 12.2 Å². The van der Waals surface area contributed by atoms with Crippen molar-refractivity contribution >= 4 is 0 Å². The molecule has 0 saturated carbocycles. The SMILES string of the molecule is C=C(C)CCC1CNCCC1O. The molecule has 2 heteroatoms. The van der Waals surface area contributed by atoms with E-state index < -0.39 is 0 Å². The Hall–Kier alpha value is -0.340. The molecule has 2 nitrogen and oxygen atoms in total. The molecule has 0 aliphatic carbocycles. The molecular formula is C10H19NO. The van der Waals surface area contributed by atoms with Gasteiger partial charge in [-0.1, -0.05) is 5.57 Å². The van der Waals surface area contributed by atoms with Crippen LogP contribution in [0.5, 0.6) is 0 Å². The van der Waals surface area contributed by atoms with Crippen molar-refractivity contribution in [3.8, 4) is 0 Å². The van der Waals surface area contributed by atoms with Gasteiger partial charge in [0, 0.05) is 6.54 Å². The van der Waals surface area contributed by atoms with Gasteiger partial charge in [-0.05, 0) is 38.6 Å². The maximum Gasteiger partial charge on any atom is 0.0592 e. The fourth-order valence-corrected chi connectivity index (χ4v) is 1.64. The Morgan fingerprint density at radius 1 is 1.67 bits per heavy atom. The number of hydrogen-bond acceptors (Lipinski definition) is 2. The molecule has 2 N–H and O–H groups in total. The van der Waals surface area contributed by atoms with Gasteiger partial charge in [0.05, 0.1) is 6.10 Å². The average molecular weight is 169 g/mol. The van der Waals surface area contributed by atoms with Crippen LogP contribution in [0.1, 0.15) is 26.2 Å². The molecule has 0 bridgehead atoms. The Morgan fingerprint density at radius 2 is 2.42 bits per heavy atom. The van der Waals surface area contributed by atoms with Crippen LogP contribution in [-0.2, 0) is 0 Å². The molecule has 1 rings (SSSR count). The van der Waals surface area contributed by atoms with Gasteiger partial charge in [-0.2, -0.15) is 0 Å². The van der Waals surface area contributed by atoms with Crippen molar-refractivity contribution in [2.45, 2.75) is 32.3 Å². The third-order valence-corrected chi connectivity index (χ3v) is 2.51. The van der Waals surface area contributed by atoms with Gasteiger partial charge in [0.1, 0.15) is 0 Å². The second-order valence-electron chi connectivity index (χ2n) is 3.82. The first kappa shape index (κ1) is 9.75. The number of aliphatic hydroxyl groups excluding tert-OH is 1. The average Bonchev–Trinajstić information content (AvgIpc) is 2.03. The molecule has 0 aromatic heterocycles. The Kier molecular flexibility index (Phi) is 3.76. The van der Waals surface area contributed by atoms with E-state index in [4.69, 9.17) is 0 Å². The van der Waals surface area contributed by atoms with E-state index in [2.05, 4.69) is 11.9 Å². The first-order valence-corrected chi connectivity index (χ1v) is 4.73. The van der Waals surface area contributed by atoms with Crippen molar-refractivity contribution in [3.63, 3.8) is 0 Å². The van der Waals surface area contributed by atoms with E-state index in [-0.39, 0.29) is 6.10 Å². The monoisotopic (exact) mass is 169 g/mol. The molecule has 0 amide bonds. The molecule has 0 aromatic carbocycles. The summed E-state index contributed by atoms with van der Waals surface area (Å²) < 4.78 is 0. The molecule has 0 aromatic rings. The van der Waals surface area contributed by atoms with Crippen molar-refractivity contribution in [2.24, 2.45) is 5.92 Å². The third kappa shape index (κ3) is 2.95. The second-order valence-corrected chi connectivity index (χ2v) is 3.82. The molecule has 1 aliphatic rings. The highest BCUT2D eigenvalue weighted by molar-refractivity contribution is 4.90. The van der Waals surface area contributed by atoms with E-state index in [1.54, 1.807) is 0 Å². The lowest BCUT2D eigenvalue weighted by atomic mass is 9.90. The molecule has 12 heavy (non-hydrogen) atoms. The van der Waals surface area contributed by atoms with Gasteiger partial charge in [-0.3, -0.25) is 0 Å². The van der Waals surface area contributed by atoms with Gasteiger partial charge in [0.15, 0.2) is 0 Å². The van der Waals surface area contributed by atoms with Crippen molar-refractivity contribution in [1.29, 1.82) is 0 Å². The van der Waals surface area contributed by atoms with E-state index >= 15 is 0 Å².